The summed E-state index contributed by atoms with van der Waals surface area (Å²) < 4.78 is 15.3. The Bertz CT molecular complexity index is 560. The Balaban J connectivity index is 1.57. The first-order valence-corrected chi connectivity index (χ1v) is 8.16. The van der Waals surface area contributed by atoms with Crippen molar-refractivity contribution in [1.29, 1.82) is 0 Å². The number of hydrogen-bond donors (Lipinski definition) is 1. The van der Waals surface area contributed by atoms with Crippen LogP contribution >= 0.6 is 11.8 Å². The zero-order valence-corrected chi connectivity index (χ0v) is 13.0. The van der Waals surface area contributed by atoms with Crippen molar-refractivity contribution in [3.8, 4) is 5.75 Å². The smallest absolute Gasteiger partial charge is 0.489 e. The molecule has 0 bridgehead atoms. The summed E-state index contributed by atoms with van der Waals surface area (Å²) in [6, 6.07) is 7.24. The number of cyclic esters (lactones) is 2. The predicted molar refractivity (Wildman–Crippen MR) is 82.2 cm³/mol. The van der Waals surface area contributed by atoms with E-state index >= 15 is 0 Å². The van der Waals surface area contributed by atoms with Crippen molar-refractivity contribution in [2.75, 3.05) is 30.0 Å². The number of anilines is 1. The van der Waals surface area contributed by atoms with Gasteiger partial charge in [-0.1, -0.05) is 0 Å². The van der Waals surface area contributed by atoms with Crippen LogP contribution in [0.25, 0.3) is 0 Å². The Morgan fingerprint density at radius 2 is 1.91 bits per heavy atom. The lowest BCUT2D eigenvalue weighted by molar-refractivity contribution is -0.135. The maximum atomic E-state index is 12.3. The number of carbonyl (C=O) groups excluding carboxylic acids is 2. The quantitative estimate of drug-likeness (QED) is 0.857. The average Bonchev–Trinajstić information content (AvgIpc) is 2.48. The fraction of sp³-hybridized carbons (Fsp3) is 0.467. The molecule has 1 aromatic carbocycles. The Kier molecular flexibility index (Phi) is 4.15. The molecule has 2 aliphatic rings. The number of benzene rings is 1. The molecule has 2 fully saturated rings. The normalized spacial score (nSPS) is 20.3. The number of thioether (sulfide) groups is 1. The minimum absolute atomic E-state index is 0.0121. The van der Waals surface area contributed by atoms with Crippen molar-refractivity contribution in [1.82, 2.24) is 0 Å². The second kappa shape index (κ2) is 6.08. The highest BCUT2D eigenvalue weighted by atomic mass is 32.2. The van der Waals surface area contributed by atoms with E-state index in [0.29, 0.717) is 11.8 Å². The predicted octanol–water partition coefficient (Wildman–Crippen LogP) is 2.29. The van der Waals surface area contributed by atoms with Crippen LogP contribution in [0.5, 0.6) is 5.75 Å². The fourth-order valence-electron chi connectivity index (χ4n) is 2.02. The molecule has 1 aromatic rings. The topological polar surface area (TPSA) is 73.9 Å². The summed E-state index contributed by atoms with van der Waals surface area (Å²) in [5, 5.41) is 2.81. The minimum atomic E-state index is -0.883. The second-order valence-electron chi connectivity index (χ2n) is 5.64. The van der Waals surface area contributed by atoms with Crippen molar-refractivity contribution in [3.63, 3.8) is 0 Å². The zero-order chi connectivity index (χ0) is 15.6. The molecule has 6 nitrogen and oxygen atoms in total. The summed E-state index contributed by atoms with van der Waals surface area (Å²) in [6.45, 7) is 1.72. The first kappa shape index (κ1) is 15.0. The zero-order valence-electron chi connectivity index (χ0n) is 12.2. The molecule has 7 heteroatoms. The summed E-state index contributed by atoms with van der Waals surface area (Å²) >= 11 is 1.86. The van der Waals surface area contributed by atoms with Crippen LogP contribution in [-0.4, -0.2) is 42.9 Å². The van der Waals surface area contributed by atoms with E-state index < -0.39 is 11.6 Å². The summed E-state index contributed by atoms with van der Waals surface area (Å²) in [5.74, 6) is 2.60. The molecule has 0 aliphatic carbocycles. The van der Waals surface area contributed by atoms with Gasteiger partial charge in [0.05, 0.1) is 0 Å². The monoisotopic (exact) mass is 323 g/mol. The van der Waals surface area contributed by atoms with Gasteiger partial charge in [-0.25, -0.2) is 4.79 Å². The lowest BCUT2D eigenvalue weighted by Crippen LogP contribution is -2.46. The first-order valence-electron chi connectivity index (χ1n) is 7.01. The third-order valence-corrected chi connectivity index (χ3v) is 4.80. The molecule has 22 heavy (non-hydrogen) atoms. The van der Waals surface area contributed by atoms with Crippen LogP contribution in [0.15, 0.2) is 24.3 Å². The highest BCUT2D eigenvalue weighted by Gasteiger charge is 2.40. The van der Waals surface area contributed by atoms with E-state index in [4.69, 9.17) is 14.2 Å². The van der Waals surface area contributed by atoms with E-state index in [1.54, 1.807) is 19.1 Å². The molecule has 3 rings (SSSR count). The maximum Gasteiger partial charge on any atom is 0.508 e. The van der Waals surface area contributed by atoms with Gasteiger partial charge in [-0.2, -0.15) is 11.8 Å². The van der Waals surface area contributed by atoms with Crippen molar-refractivity contribution in [2.24, 2.45) is 5.41 Å². The van der Waals surface area contributed by atoms with Gasteiger partial charge in [-0.05, 0) is 31.2 Å². The van der Waals surface area contributed by atoms with Gasteiger partial charge >= 0.3 is 6.16 Å². The van der Waals surface area contributed by atoms with Crippen LogP contribution in [0.2, 0.25) is 0 Å². The van der Waals surface area contributed by atoms with Crippen molar-refractivity contribution < 1.29 is 23.8 Å². The molecule has 2 heterocycles. The van der Waals surface area contributed by atoms with Crippen LogP contribution in [0.1, 0.15) is 6.92 Å². The van der Waals surface area contributed by atoms with E-state index in [2.05, 4.69) is 5.32 Å². The molecular weight excluding hydrogens is 306 g/mol. The minimum Gasteiger partial charge on any atom is -0.489 e. The van der Waals surface area contributed by atoms with Crippen molar-refractivity contribution >= 4 is 29.5 Å². The van der Waals surface area contributed by atoms with Crippen LogP contribution in [-0.2, 0) is 14.3 Å². The number of ether oxygens (including phenoxy) is 3. The Morgan fingerprint density at radius 3 is 2.45 bits per heavy atom. The third kappa shape index (κ3) is 3.30. The van der Waals surface area contributed by atoms with Gasteiger partial charge in [-0.3, -0.25) is 4.79 Å². The van der Waals surface area contributed by atoms with E-state index in [1.165, 1.54) is 0 Å². The molecule has 0 atom stereocenters. The van der Waals surface area contributed by atoms with E-state index in [-0.39, 0.29) is 19.1 Å². The molecule has 1 amide bonds. The molecule has 118 valence electrons. The van der Waals surface area contributed by atoms with Crippen LogP contribution in [0, 0.1) is 5.41 Å². The molecule has 0 spiro atoms. The number of hydrogen-bond acceptors (Lipinski definition) is 6. The molecule has 0 unspecified atom stereocenters. The van der Waals surface area contributed by atoms with Gasteiger partial charge < -0.3 is 19.5 Å². The van der Waals surface area contributed by atoms with Crippen LogP contribution < -0.4 is 10.1 Å². The number of amides is 1. The number of rotatable bonds is 4. The summed E-state index contributed by atoms with van der Waals surface area (Å²) in [5.41, 5.74) is -0.217. The molecule has 2 aliphatic heterocycles. The summed E-state index contributed by atoms with van der Waals surface area (Å²) in [6.07, 6.45) is -0.445. The standard InChI is InChI=1S/C15H17NO5S/c1-15(8-19-14(18)20-9-15)13(17)16-10-2-4-11(5-3-10)21-12-6-22-7-12/h2-5,12H,6-9H2,1H3,(H,16,17). The number of carbonyl (C=O) groups is 2. The van der Waals surface area contributed by atoms with Crippen LogP contribution in [0.3, 0.4) is 0 Å². The number of nitrogens with one attached hydrogen (secondary N) is 1. The highest BCUT2D eigenvalue weighted by Crippen LogP contribution is 2.27. The molecule has 2 saturated heterocycles. The third-order valence-electron chi connectivity index (χ3n) is 3.59. The van der Waals surface area contributed by atoms with E-state index in [0.717, 1.165) is 17.3 Å². The van der Waals surface area contributed by atoms with Gasteiger partial charge in [0.25, 0.3) is 0 Å². The maximum absolute atomic E-state index is 12.3. The average molecular weight is 323 g/mol. The Labute approximate surface area is 132 Å². The van der Waals surface area contributed by atoms with Crippen molar-refractivity contribution in [2.45, 2.75) is 13.0 Å². The SMILES string of the molecule is CC1(C(=O)Nc2ccc(OC3CSC3)cc2)COC(=O)OC1. The van der Waals surface area contributed by atoms with Gasteiger partial charge in [0.1, 0.15) is 30.5 Å². The van der Waals surface area contributed by atoms with Crippen LogP contribution in [0.4, 0.5) is 10.5 Å². The Hall–Kier alpha value is -1.89. The lowest BCUT2D eigenvalue weighted by Gasteiger charge is -2.30. The second-order valence-corrected chi connectivity index (χ2v) is 6.72. The van der Waals surface area contributed by atoms with Gasteiger partial charge in [0.2, 0.25) is 5.91 Å². The van der Waals surface area contributed by atoms with E-state index in [9.17, 15) is 9.59 Å². The molecule has 0 saturated carbocycles. The van der Waals surface area contributed by atoms with Gasteiger partial charge in [0.15, 0.2) is 0 Å². The fourth-order valence-corrected chi connectivity index (χ4v) is 2.59. The van der Waals surface area contributed by atoms with Gasteiger partial charge in [0, 0.05) is 17.2 Å². The largest absolute Gasteiger partial charge is 0.508 e. The highest BCUT2D eigenvalue weighted by molar-refractivity contribution is 8.00. The van der Waals surface area contributed by atoms with E-state index in [1.807, 2.05) is 23.9 Å². The molecule has 0 radical (unpaired) electrons. The molecular formula is C15H17NO5S. The lowest BCUT2D eigenvalue weighted by atomic mass is 9.91. The Morgan fingerprint density at radius 1 is 1.27 bits per heavy atom. The summed E-state index contributed by atoms with van der Waals surface area (Å²) in [4.78, 5) is 23.2. The van der Waals surface area contributed by atoms with Gasteiger partial charge in [-0.15, -0.1) is 0 Å². The van der Waals surface area contributed by atoms with Crippen molar-refractivity contribution in [3.05, 3.63) is 24.3 Å². The summed E-state index contributed by atoms with van der Waals surface area (Å²) in [7, 11) is 0. The molecule has 0 aromatic heterocycles. The molecule has 1 N–H and O–H groups in total. The first-order chi connectivity index (χ1) is 10.5.